The van der Waals surface area contributed by atoms with E-state index in [1.807, 2.05) is 18.2 Å². The Morgan fingerprint density at radius 3 is 2.72 bits per heavy atom. The van der Waals surface area contributed by atoms with Gasteiger partial charge in [0.25, 0.3) is 0 Å². The fourth-order valence-electron chi connectivity index (χ4n) is 4.47. The first-order valence-electron chi connectivity index (χ1n) is 10.6. The van der Waals surface area contributed by atoms with Crippen LogP contribution in [0.25, 0.3) is 0 Å². The molecule has 154 valence electrons. The maximum Gasteiger partial charge on any atom is 0.227 e. The zero-order chi connectivity index (χ0) is 20.2. The van der Waals surface area contributed by atoms with Gasteiger partial charge >= 0.3 is 0 Å². The zero-order valence-electron chi connectivity index (χ0n) is 17.0. The number of thiophene rings is 1. The molecule has 0 bridgehead atoms. The van der Waals surface area contributed by atoms with Crippen molar-refractivity contribution < 1.29 is 9.59 Å². The Bertz CT molecular complexity index is 846. The van der Waals surface area contributed by atoms with Crippen LogP contribution in [0.15, 0.2) is 41.8 Å². The third-order valence-electron chi connectivity index (χ3n) is 6.08. The highest BCUT2D eigenvalue weighted by Crippen LogP contribution is 2.30. The normalized spacial score (nSPS) is 20.9. The molecule has 5 nitrogen and oxygen atoms in total. The summed E-state index contributed by atoms with van der Waals surface area (Å²) in [6.45, 7) is 5.33. The molecule has 1 aromatic heterocycles. The van der Waals surface area contributed by atoms with E-state index in [1.165, 1.54) is 17.7 Å². The Labute approximate surface area is 176 Å². The van der Waals surface area contributed by atoms with E-state index in [2.05, 4.69) is 40.7 Å². The molecule has 4 rings (SSSR count). The van der Waals surface area contributed by atoms with Crippen molar-refractivity contribution >= 4 is 28.8 Å². The largest absolute Gasteiger partial charge is 0.354 e. The fourth-order valence-corrected chi connectivity index (χ4v) is 5.34. The summed E-state index contributed by atoms with van der Waals surface area (Å²) in [6.07, 6.45) is 3.60. The van der Waals surface area contributed by atoms with E-state index >= 15 is 0 Å². The molecule has 2 atom stereocenters. The molecule has 0 aliphatic carbocycles. The van der Waals surface area contributed by atoms with Crippen LogP contribution in [0.2, 0.25) is 0 Å². The average molecular weight is 412 g/mol. The number of anilines is 1. The standard InChI is InChI=1S/C23H29N3O2S/c1-2-17-8-3-4-9-19(17)26-16-18(14-22(26)27)23(28)24-15-20(21-10-7-13-29-21)25-11-5-6-12-25/h3-4,7-10,13,18,20H,2,5-6,11-12,14-16H2,1H3,(H,24,28). The molecule has 2 fully saturated rings. The van der Waals surface area contributed by atoms with Gasteiger partial charge in [-0.25, -0.2) is 0 Å². The molecule has 0 radical (unpaired) electrons. The van der Waals surface area contributed by atoms with Crippen LogP contribution >= 0.6 is 11.3 Å². The van der Waals surface area contributed by atoms with Crippen molar-refractivity contribution in [2.24, 2.45) is 5.92 Å². The molecule has 29 heavy (non-hydrogen) atoms. The molecule has 1 N–H and O–H groups in total. The molecule has 2 amide bonds. The van der Waals surface area contributed by atoms with Crippen molar-refractivity contribution in [1.29, 1.82) is 0 Å². The number of carbonyl (C=O) groups is 2. The summed E-state index contributed by atoms with van der Waals surface area (Å²) in [5.74, 6) is -0.244. The number of nitrogens with zero attached hydrogens (tertiary/aromatic N) is 2. The van der Waals surface area contributed by atoms with Crippen LogP contribution in [0.5, 0.6) is 0 Å². The highest BCUT2D eigenvalue weighted by molar-refractivity contribution is 7.10. The topological polar surface area (TPSA) is 52.7 Å². The monoisotopic (exact) mass is 411 g/mol. The molecule has 0 spiro atoms. The van der Waals surface area contributed by atoms with E-state index in [-0.39, 0.29) is 30.2 Å². The van der Waals surface area contributed by atoms with Crippen LogP contribution in [0.3, 0.4) is 0 Å². The summed E-state index contributed by atoms with van der Waals surface area (Å²) < 4.78 is 0. The lowest BCUT2D eigenvalue weighted by Crippen LogP contribution is -2.39. The van der Waals surface area contributed by atoms with Crippen LogP contribution in [-0.2, 0) is 16.0 Å². The second-order valence-electron chi connectivity index (χ2n) is 7.91. The van der Waals surface area contributed by atoms with Gasteiger partial charge < -0.3 is 10.2 Å². The molecule has 2 saturated heterocycles. The number of nitrogens with one attached hydrogen (secondary N) is 1. The first-order chi connectivity index (χ1) is 14.2. The van der Waals surface area contributed by atoms with Crippen LogP contribution in [0.1, 0.15) is 42.7 Å². The number of para-hydroxylation sites is 1. The van der Waals surface area contributed by atoms with Gasteiger partial charge in [-0.1, -0.05) is 31.2 Å². The van der Waals surface area contributed by atoms with Gasteiger partial charge in [0.2, 0.25) is 11.8 Å². The Kier molecular flexibility index (Phi) is 6.31. The van der Waals surface area contributed by atoms with Crippen LogP contribution in [0, 0.1) is 5.92 Å². The maximum absolute atomic E-state index is 12.9. The average Bonchev–Trinajstić information content (AvgIpc) is 3.50. The molecule has 0 saturated carbocycles. The second kappa shape index (κ2) is 9.09. The number of hydrogen-bond donors (Lipinski definition) is 1. The summed E-state index contributed by atoms with van der Waals surface area (Å²) in [5.41, 5.74) is 2.09. The number of benzene rings is 1. The zero-order valence-corrected chi connectivity index (χ0v) is 17.8. The molecule has 2 unspecified atom stereocenters. The van der Waals surface area contributed by atoms with Crippen LogP contribution < -0.4 is 10.2 Å². The first-order valence-corrected chi connectivity index (χ1v) is 11.5. The minimum Gasteiger partial charge on any atom is -0.354 e. The third kappa shape index (κ3) is 4.38. The quantitative estimate of drug-likeness (QED) is 0.757. The Hall–Kier alpha value is -2.18. The summed E-state index contributed by atoms with van der Waals surface area (Å²) >= 11 is 1.75. The van der Waals surface area contributed by atoms with Gasteiger partial charge in [-0.2, -0.15) is 0 Å². The van der Waals surface area contributed by atoms with Gasteiger partial charge in [-0.3, -0.25) is 14.5 Å². The van der Waals surface area contributed by atoms with E-state index in [1.54, 1.807) is 16.2 Å². The summed E-state index contributed by atoms with van der Waals surface area (Å²) in [4.78, 5) is 31.1. The number of rotatable bonds is 7. The molecule has 2 aliphatic heterocycles. The Morgan fingerprint density at radius 2 is 2.00 bits per heavy atom. The van der Waals surface area contributed by atoms with E-state index in [4.69, 9.17) is 0 Å². The van der Waals surface area contributed by atoms with Crippen molar-refractivity contribution in [1.82, 2.24) is 10.2 Å². The van der Waals surface area contributed by atoms with E-state index in [9.17, 15) is 9.59 Å². The number of hydrogen-bond acceptors (Lipinski definition) is 4. The van der Waals surface area contributed by atoms with Gasteiger partial charge in [0.05, 0.1) is 12.0 Å². The number of likely N-dealkylation sites (tertiary alicyclic amines) is 1. The molecule has 6 heteroatoms. The van der Waals surface area contributed by atoms with Crippen molar-refractivity contribution in [2.45, 2.75) is 38.6 Å². The molecule has 1 aromatic carbocycles. The fraction of sp³-hybridized carbons (Fsp3) is 0.478. The lowest BCUT2D eigenvalue weighted by Gasteiger charge is -2.27. The van der Waals surface area contributed by atoms with Crippen LogP contribution in [-0.4, -0.2) is 42.9 Å². The van der Waals surface area contributed by atoms with Gasteiger partial charge in [0.15, 0.2) is 0 Å². The lowest BCUT2D eigenvalue weighted by molar-refractivity contribution is -0.126. The van der Waals surface area contributed by atoms with E-state index < -0.39 is 0 Å². The molecule has 2 aliphatic rings. The minimum atomic E-state index is -0.282. The lowest BCUT2D eigenvalue weighted by atomic mass is 10.1. The predicted molar refractivity (Wildman–Crippen MR) is 117 cm³/mol. The summed E-state index contributed by atoms with van der Waals surface area (Å²) in [7, 11) is 0. The number of aryl methyl sites for hydroxylation is 1. The maximum atomic E-state index is 12.9. The third-order valence-corrected chi connectivity index (χ3v) is 7.06. The SMILES string of the molecule is CCc1ccccc1N1CC(C(=O)NCC(c2cccs2)N2CCCC2)CC1=O. The van der Waals surface area contributed by atoms with Gasteiger partial charge in [-0.15, -0.1) is 11.3 Å². The second-order valence-corrected chi connectivity index (χ2v) is 8.89. The molecule has 3 heterocycles. The minimum absolute atomic E-state index is 0.00409. The predicted octanol–water partition coefficient (Wildman–Crippen LogP) is 3.62. The first kappa shape index (κ1) is 20.1. The Morgan fingerprint density at radius 1 is 1.21 bits per heavy atom. The summed E-state index contributed by atoms with van der Waals surface area (Å²) in [5, 5.41) is 5.25. The van der Waals surface area contributed by atoms with Crippen molar-refractivity contribution in [3.05, 3.63) is 52.2 Å². The number of amides is 2. The van der Waals surface area contributed by atoms with E-state index in [0.29, 0.717) is 13.1 Å². The van der Waals surface area contributed by atoms with Crippen molar-refractivity contribution in [3.8, 4) is 0 Å². The Balaban J connectivity index is 1.40. The highest BCUT2D eigenvalue weighted by Gasteiger charge is 2.36. The van der Waals surface area contributed by atoms with Gasteiger partial charge in [-0.05, 0) is 55.4 Å². The van der Waals surface area contributed by atoms with Crippen molar-refractivity contribution in [3.63, 3.8) is 0 Å². The van der Waals surface area contributed by atoms with Crippen LogP contribution in [0.4, 0.5) is 5.69 Å². The van der Waals surface area contributed by atoms with Gasteiger partial charge in [0.1, 0.15) is 0 Å². The van der Waals surface area contributed by atoms with Gasteiger partial charge in [0, 0.05) is 30.1 Å². The van der Waals surface area contributed by atoms with E-state index in [0.717, 1.165) is 30.8 Å². The number of carbonyl (C=O) groups excluding carboxylic acids is 2. The molecular formula is C23H29N3O2S. The molecule has 2 aromatic rings. The highest BCUT2D eigenvalue weighted by atomic mass is 32.1. The summed E-state index contributed by atoms with van der Waals surface area (Å²) in [6, 6.07) is 12.4. The molecular weight excluding hydrogens is 382 g/mol. The van der Waals surface area contributed by atoms with Crippen molar-refractivity contribution in [2.75, 3.05) is 31.1 Å². The smallest absolute Gasteiger partial charge is 0.227 e.